The van der Waals surface area contributed by atoms with Crippen molar-refractivity contribution in [1.29, 1.82) is 0 Å². The number of imidazole rings is 1. The molecule has 4 aromatic rings. The molecular weight excluding hydrogens is 468 g/mol. The number of aromatic nitrogens is 3. The number of amides is 1. The van der Waals surface area contributed by atoms with E-state index in [2.05, 4.69) is 15.3 Å². The number of nitrogens with zero attached hydrogens (tertiary/aromatic N) is 3. The SMILES string of the molecule is Cl.Cl.NCc1ccnc(Oc2cccc(C(=O)NCc3ccc(-n4ccnc4)c(F)c3)c2)c1. The van der Waals surface area contributed by atoms with Gasteiger partial charge in [0.15, 0.2) is 0 Å². The minimum atomic E-state index is -0.396. The molecule has 4 rings (SSSR count). The lowest BCUT2D eigenvalue weighted by Crippen LogP contribution is -2.22. The van der Waals surface area contributed by atoms with Crippen molar-refractivity contribution < 1.29 is 13.9 Å². The Kier molecular flexibility index (Phi) is 9.35. The number of nitrogens with two attached hydrogens (primary N) is 1. The second-order valence-electron chi connectivity index (χ2n) is 6.77. The summed E-state index contributed by atoms with van der Waals surface area (Å²) in [7, 11) is 0. The number of nitrogens with one attached hydrogen (secondary N) is 1. The van der Waals surface area contributed by atoms with E-state index < -0.39 is 5.82 Å². The van der Waals surface area contributed by atoms with Gasteiger partial charge in [-0.3, -0.25) is 4.79 Å². The first kappa shape index (κ1) is 25.8. The standard InChI is InChI=1S/C23H20FN5O2.2ClH/c24-20-10-17(4-5-21(20)29-9-8-26-15-29)14-28-23(30)18-2-1-3-19(12-18)31-22-11-16(13-25)6-7-27-22;;/h1-12,15H,13-14,25H2,(H,28,30);2*1H. The largest absolute Gasteiger partial charge is 0.439 e. The monoisotopic (exact) mass is 489 g/mol. The van der Waals surface area contributed by atoms with Gasteiger partial charge in [0.2, 0.25) is 5.88 Å². The van der Waals surface area contributed by atoms with Gasteiger partial charge in [-0.15, -0.1) is 24.8 Å². The lowest BCUT2D eigenvalue weighted by molar-refractivity contribution is 0.0950. The molecule has 0 aliphatic rings. The third-order valence-electron chi connectivity index (χ3n) is 4.60. The molecule has 0 bridgehead atoms. The molecule has 7 nitrogen and oxygen atoms in total. The maximum atomic E-state index is 14.4. The quantitative estimate of drug-likeness (QED) is 0.400. The van der Waals surface area contributed by atoms with Crippen LogP contribution in [0.5, 0.6) is 11.6 Å². The fraction of sp³-hybridized carbons (Fsp3) is 0.0870. The van der Waals surface area contributed by atoms with Crippen molar-refractivity contribution in [3.8, 4) is 17.3 Å². The zero-order chi connectivity index (χ0) is 21.6. The lowest BCUT2D eigenvalue weighted by atomic mass is 10.1. The van der Waals surface area contributed by atoms with Crippen LogP contribution in [0, 0.1) is 5.82 Å². The average molecular weight is 490 g/mol. The zero-order valence-electron chi connectivity index (χ0n) is 17.3. The molecule has 0 fully saturated rings. The fourth-order valence-electron chi connectivity index (χ4n) is 3.01. The second kappa shape index (κ2) is 12.0. The van der Waals surface area contributed by atoms with Crippen LogP contribution in [0.1, 0.15) is 21.5 Å². The maximum absolute atomic E-state index is 14.4. The number of hydrogen-bond acceptors (Lipinski definition) is 5. The van der Waals surface area contributed by atoms with Gasteiger partial charge >= 0.3 is 0 Å². The highest BCUT2D eigenvalue weighted by atomic mass is 35.5. The first-order chi connectivity index (χ1) is 15.1. The van der Waals surface area contributed by atoms with E-state index in [9.17, 15) is 9.18 Å². The van der Waals surface area contributed by atoms with Crippen molar-refractivity contribution in [3.63, 3.8) is 0 Å². The van der Waals surface area contributed by atoms with Gasteiger partial charge in [-0.2, -0.15) is 0 Å². The Morgan fingerprint density at radius 3 is 2.64 bits per heavy atom. The summed E-state index contributed by atoms with van der Waals surface area (Å²) in [5.74, 6) is 0.180. The number of rotatable bonds is 7. The molecule has 172 valence electrons. The van der Waals surface area contributed by atoms with Crippen LogP contribution in [0.2, 0.25) is 0 Å². The Morgan fingerprint density at radius 1 is 1.06 bits per heavy atom. The van der Waals surface area contributed by atoms with E-state index in [0.29, 0.717) is 35.0 Å². The van der Waals surface area contributed by atoms with E-state index in [1.54, 1.807) is 65.6 Å². The molecule has 2 aromatic carbocycles. The number of pyridine rings is 1. The predicted molar refractivity (Wildman–Crippen MR) is 128 cm³/mol. The first-order valence-electron chi connectivity index (χ1n) is 9.60. The van der Waals surface area contributed by atoms with Crippen LogP contribution in [0.3, 0.4) is 0 Å². The van der Waals surface area contributed by atoms with Crippen molar-refractivity contribution in [2.45, 2.75) is 13.1 Å². The van der Waals surface area contributed by atoms with Crippen LogP contribution in [-0.2, 0) is 13.1 Å². The topological polar surface area (TPSA) is 95.1 Å². The highest BCUT2D eigenvalue weighted by Crippen LogP contribution is 2.21. The van der Waals surface area contributed by atoms with Crippen molar-refractivity contribution in [2.24, 2.45) is 5.73 Å². The molecule has 0 spiro atoms. The number of hydrogen-bond donors (Lipinski definition) is 2. The van der Waals surface area contributed by atoms with Gasteiger partial charge in [-0.25, -0.2) is 14.4 Å². The summed E-state index contributed by atoms with van der Waals surface area (Å²) in [5.41, 5.74) is 7.99. The molecular formula is C23H22Cl2FN5O2. The summed E-state index contributed by atoms with van der Waals surface area (Å²) in [5, 5.41) is 2.79. The van der Waals surface area contributed by atoms with Crippen LogP contribution in [0.4, 0.5) is 4.39 Å². The van der Waals surface area contributed by atoms with E-state index in [-0.39, 0.29) is 37.3 Å². The van der Waals surface area contributed by atoms with Crippen LogP contribution < -0.4 is 15.8 Å². The van der Waals surface area contributed by atoms with Crippen LogP contribution in [-0.4, -0.2) is 20.4 Å². The van der Waals surface area contributed by atoms with E-state index in [1.807, 2.05) is 6.07 Å². The number of ether oxygens (including phenoxy) is 1. The van der Waals surface area contributed by atoms with E-state index in [0.717, 1.165) is 5.56 Å². The van der Waals surface area contributed by atoms with E-state index in [1.165, 1.54) is 12.4 Å². The third kappa shape index (κ3) is 6.52. The Labute approximate surface area is 202 Å². The predicted octanol–water partition coefficient (Wildman–Crippen LogP) is 4.43. The van der Waals surface area contributed by atoms with Gasteiger partial charge in [0.05, 0.1) is 12.0 Å². The summed E-state index contributed by atoms with van der Waals surface area (Å²) in [6.45, 7) is 0.566. The molecule has 0 unspecified atom stereocenters. The smallest absolute Gasteiger partial charge is 0.251 e. The Balaban J connectivity index is 0.00000193. The van der Waals surface area contributed by atoms with Gasteiger partial charge in [0.25, 0.3) is 5.91 Å². The van der Waals surface area contributed by atoms with Crippen LogP contribution in [0.25, 0.3) is 5.69 Å². The van der Waals surface area contributed by atoms with Crippen molar-refractivity contribution in [3.05, 3.63) is 102 Å². The van der Waals surface area contributed by atoms with Gasteiger partial charge < -0.3 is 20.4 Å². The molecule has 0 radical (unpaired) electrons. The molecule has 0 atom stereocenters. The van der Waals surface area contributed by atoms with Crippen molar-refractivity contribution in [1.82, 2.24) is 19.9 Å². The molecule has 0 saturated heterocycles. The van der Waals surface area contributed by atoms with Crippen LogP contribution >= 0.6 is 24.8 Å². The molecule has 3 N–H and O–H groups in total. The minimum absolute atomic E-state index is 0. The molecule has 0 aliphatic heterocycles. The molecule has 0 saturated carbocycles. The van der Waals surface area contributed by atoms with E-state index in [4.69, 9.17) is 10.5 Å². The summed E-state index contributed by atoms with van der Waals surface area (Å²) < 4.78 is 21.7. The Hall–Kier alpha value is -3.46. The Morgan fingerprint density at radius 2 is 1.91 bits per heavy atom. The fourth-order valence-corrected chi connectivity index (χ4v) is 3.01. The normalized spacial score (nSPS) is 10.0. The number of benzene rings is 2. The highest BCUT2D eigenvalue weighted by Gasteiger charge is 2.10. The average Bonchev–Trinajstić information content (AvgIpc) is 3.32. The van der Waals surface area contributed by atoms with Gasteiger partial charge in [0.1, 0.15) is 11.6 Å². The summed E-state index contributed by atoms with van der Waals surface area (Å²) >= 11 is 0. The molecule has 2 heterocycles. The van der Waals surface area contributed by atoms with E-state index >= 15 is 0 Å². The third-order valence-corrected chi connectivity index (χ3v) is 4.60. The maximum Gasteiger partial charge on any atom is 0.251 e. The minimum Gasteiger partial charge on any atom is -0.439 e. The summed E-state index contributed by atoms with van der Waals surface area (Å²) in [4.78, 5) is 20.6. The first-order valence-corrected chi connectivity index (χ1v) is 9.60. The molecule has 33 heavy (non-hydrogen) atoms. The second-order valence-corrected chi connectivity index (χ2v) is 6.77. The number of carbonyl (C=O) groups is 1. The van der Waals surface area contributed by atoms with Gasteiger partial charge in [-0.1, -0.05) is 12.1 Å². The van der Waals surface area contributed by atoms with Crippen molar-refractivity contribution >= 4 is 30.7 Å². The van der Waals surface area contributed by atoms with Crippen LogP contribution in [0.15, 0.2) is 79.5 Å². The van der Waals surface area contributed by atoms with Crippen molar-refractivity contribution in [2.75, 3.05) is 0 Å². The number of carbonyl (C=O) groups excluding carboxylic acids is 1. The highest BCUT2D eigenvalue weighted by molar-refractivity contribution is 5.94. The molecule has 2 aromatic heterocycles. The number of halogens is 3. The molecule has 10 heteroatoms. The zero-order valence-corrected chi connectivity index (χ0v) is 19.0. The summed E-state index contributed by atoms with van der Waals surface area (Å²) in [6.07, 6.45) is 6.38. The Bertz CT molecular complexity index is 1210. The lowest BCUT2D eigenvalue weighted by Gasteiger charge is -2.10. The van der Waals surface area contributed by atoms with Gasteiger partial charge in [0, 0.05) is 43.3 Å². The summed E-state index contributed by atoms with van der Waals surface area (Å²) in [6, 6.07) is 15.1. The molecule has 1 amide bonds. The molecule has 0 aliphatic carbocycles. The van der Waals surface area contributed by atoms with Gasteiger partial charge in [-0.05, 0) is 47.5 Å².